The van der Waals surface area contributed by atoms with Crippen LogP contribution in [0.5, 0.6) is 0 Å². The number of carbonyl (C=O) groups excluding carboxylic acids is 2. The molecular weight excluding hydrogens is 248 g/mol. The lowest BCUT2D eigenvalue weighted by atomic mass is 10.2. The molecule has 0 unspecified atom stereocenters. The Morgan fingerprint density at radius 1 is 1.05 bits per heavy atom. The number of amides is 2. The fourth-order valence-corrected chi connectivity index (χ4v) is 1.35. The van der Waals surface area contributed by atoms with Crippen LogP contribution in [0.15, 0.2) is 0 Å². The first kappa shape index (κ1) is 17.7. The van der Waals surface area contributed by atoms with E-state index in [0.29, 0.717) is 26.1 Å². The molecule has 19 heavy (non-hydrogen) atoms. The topological polar surface area (TPSA) is 76.7 Å². The molecule has 6 heteroatoms. The van der Waals surface area contributed by atoms with E-state index in [1.807, 2.05) is 13.8 Å². The molecule has 0 aliphatic carbocycles. The summed E-state index contributed by atoms with van der Waals surface area (Å²) in [6, 6.07) is -0.178. The van der Waals surface area contributed by atoms with Crippen LogP contribution in [0.2, 0.25) is 0 Å². The molecule has 0 saturated heterocycles. The van der Waals surface area contributed by atoms with Crippen molar-refractivity contribution >= 4 is 12.0 Å². The van der Waals surface area contributed by atoms with Gasteiger partial charge < -0.3 is 20.1 Å². The fraction of sp³-hybridized carbons (Fsp3) is 0.846. The molecule has 0 aliphatic rings. The average molecular weight is 274 g/mol. The van der Waals surface area contributed by atoms with E-state index < -0.39 is 0 Å². The van der Waals surface area contributed by atoms with Crippen molar-refractivity contribution in [1.82, 2.24) is 10.6 Å². The van der Waals surface area contributed by atoms with Crippen molar-refractivity contribution in [3.8, 4) is 0 Å². The number of hydrogen-bond donors (Lipinski definition) is 2. The van der Waals surface area contributed by atoms with Crippen LogP contribution in [0.4, 0.5) is 4.79 Å². The van der Waals surface area contributed by atoms with E-state index >= 15 is 0 Å². The van der Waals surface area contributed by atoms with Gasteiger partial charge in [0.15, 0.2) is 0 Å². The van der Waals surface area contributed by atoms with Gasteiger partial charge in [-0.05, 0) is 33.1 Å². The highest BCUT2D eigenvalue weighted by Gasteiger charge is 2.01. The Morgan fingerprint density at radius 2 is 1.68 bits per heavy atom. The summed E-state index contributed by atoms with van der Waals surface area (Å²) >= 11 is 0. The van der Waals surface area contributed by atoms with Gasteiger partial charge in [0.25, 0.3) is 0 Å². The Hall–Kier alpha value is -1.30. The van der Waals surface area contributed by atoms with E-state index in [1.165, 1.54) is 7.11 Å². The molecule has 112 valence electrons. The highest BCUT2D eigenvalue weighted by atomic mass is 16.5. The molecule has 6 nitrogen and oxygen atoms in total. The lowest BCUT2D eigenvalue weighted by Gasteiger charge is -2.09. The van der Waals surface area contributed by atoms with Crippen molar-refractivity contribution in [2.24, 2.45) is 0 Å². The Balaban J connectivity index is 3.28. The summed E-state index contributed by atoms with van der Waals surface area (Å²) in [5, 5.41) is 5.48. The lowest BCUT2D eigenvalue weighted by Crippen LogP contribution is -2.36. The SMILES string of the molecule is COC(=O)CCCCNC(=O)NCCCOC(C)C. The van der Waals surface area contributed by atoms with E-state index in [1.54, 1.807) is 0 Å². The first-order valence-electron chi connectivity index (χ1n) is 6.76. The number of methoxy groups -OCH3 is 1. The highest BCUT2D eigenvalue weighted by Crippen LogP contribution is 1.95. The third-order valence-electron chi connectivity index (χ3n) is 2.38. The summed E-state index contributed by atoms with van der Waals surface area (Å²) in [7, 11) is 1.37. The van der Waals surface area contributed by atoms with Gasteiger partial charge in [-0.25, -0.2) is 4.79 Å². The van der Waals surface area contributed by atoms with Gasteiger partial charge in [0.2, 0.25) is 0 Å². The first-order chi connectivity index (χ1) is 9.06. The van der Waals surface area contributed by atoms with E-state index in [-0.39, 0.29) is 18.1 Å². The molecule has 0 aromatic rings. The Kier molecular flexibility index (Phi) is 11.0. The van der Waals surface area contributed by atoms with Crippen LogP contribution in [0.25, 0.3) is 0 Å². The first-order valence-corrected chi connectivity index (χ1v) is 6.76. The van der Waals surface area contributed by atoms with Crippen LogP contribution in [-0.4, -0.2) is 44.9 Å². The molecule has 0 fully saturated rings. The zero-order chi connectivity index (χ0) is 14.5. The monoisotopic (exact) mass is 274 g/mol. The van der Waals surface area contributed by atoms with E-state index in [9.17, 15) is 9.59 Å². The maximum absolute atomic E-state index is 11.3. The van der Waals surface area contributed by atoms with Gasteiger partial charge in [0, 0.05) is 26.1 Å². The Bertz CT molecular complexity index is 257. The van der Waals surface area contributed by atoms with Crippen LogP contribution >= 0.6 is 0 Å². The average Bonchev–Trinajstić information content (AvgIpc) is 2.37. The van der Waals surface area contributed by atoms with Crippen LogP contribution in [0.1, 0.15) is 39.5 Å². The standard InChI is InChI=1S/C13H26N2O4/c1-11(2)19-10-6-9-15-13(17)14-8-5-4-7-12(16)18-3/h11H,4-10H2,1-3H3,(H2,14,15,17). The molecular formula is C13H26N2O4. The summed E-state index contributed by atoms with van der Waals surface area (Å²) in [6.45, 7) is 5.77. The van der Waals surface area contributed by atoms with E-state index in [2.05, 4.69) is 15.4 Å². The van der Waals surface area contributed by atoms with E-state index in [4.69, 9.17) is 4.74 Å². The zero-order valence-electron chi connectivity index (χ0n) is 12.2. The van der Waals surface area contributed by atoms with Gasteiger partial charge >= 0.3 is 12.0 Å². The van der Waals surface area contributed by atoms with Crippen molar-refractivity contribution < 1.29 is 19.1 Å². The number of carbonyl (C=O) groups is 2. The maximum Gasteiger partial charge on any atom is 0.314 e. The molecule has 0 spiro atoms. The predicted molar refractivity (Wildman–Crippen MR) is 73.0 cm³/mol. The van der Waals surface area contributed by atoms with Crippen molar-refractivity contribution in [2.45, 2.75) is 45.6 Å². The number of unbranched alkanes of at least 4 members (excludes halogenated alkanes) is 1. The van der Waals surface area contributed by atoms with Crippen molar-refractivity contribution in [1.29, 1.82) is 0 Å². The third-order valence-corrected chi connectivity index (χ3v) is 2.38. The summed E-state index contributed by atoms with van der Waals surface area (Å²) in [4.78, 5) is 22.2. The second kappa shape index (κ2) is 11.8. The fourth-order valence-electron chi connectivity index (χ4n) is 1.35. The number of ether oxygens (including phenoxy) is 2. The van der Waals surface area contributed by atoms with Crippen LogP contribution in [0.3, 0.4) is 0 Å². The number of nitrogens with one attached hydrogen (secondary N) is 2. The summed E-state index contributed by atoms with van der Waals surface area (Å²) < 4.78 is 9.87. The highest BCUT2D eigenvalue weighted by molar-refractivity contribution is 5.73. The number of urea groups is 1. The molecule has 0 heterocycles. The van der Waals surface area contributed by atoms with Crippen molar-refractivity contribution in [3.63, 3.8) is 0 Å². The molecule has 0 aromatic heterocycles. The van der Waals surface area contributed by atoms with Crippen molar-refractivity contribution in [2.75, 3.05) is 26.8 Å². The van der Waals surface area contributed by atoms with E-state index in [0.717, 1.165) is 19.3 Å². The lowest BCUT2D eigenvalue weighted by molar-refractivity contribution is -0.140. The van der Waals surface area contributed by atoms with Gasteiger partial charge in [-0.2, -0.15) is 0 Å². The number of esters is 1. The van der Waals surface area contributed by atoms with Gasteiger partial charge in [-0.3, -0.25) is 4.79 Å². The predicted octanol–water partition coefficient (Wildman–Crippen LogP) is 1.44. The van der Waals surface area contributed by atoms with Gasteiger partial charge in [-0.1, -0.05) is 0 Å². The molecule has 0 radical (unpaired) electrons. The molecule has 0 aliphatic heterocycles. The second-order valence-electron chi connectivity index (χ2n) is 4.49. The van der Waals surface area contributed by atoms with Gasteiger partial charge in [0.05, 0.1) is 13.2 Å². The van der Waals surface area contributed by atoms with Crippen molar-refractivity contribution in [3.05, 3.63) is 0 Å². The summed E-state index contributed by atoms with van der Waals surface area (Å²) in [5.74, 6) is -0.213. The molecule has 0 bridgehead atoms. The van der Waals surface area contributed by atoms with Gasteiger partial charge in [-0.15, -0.1) is 0 Å². The van der Waals surface area contributed by atoms with Crippen LogP contribution in [-0.2, 0) is 14.3 Å². The van der Waals surface area contributed by atoms with Crippen LogP contribution in [0, 0.1) is 0 Å². The summed E-state index contributed by atoms with van der Waals surface area (Å²) in [6.07, 6.45) is 2.90. The molecule has 0 atom stereocenters. The molecule has 2 N–H and O–H groups in total. The minimum Gasteiger partial charge on any atom is -0.469 e. The largest absolute Gasteiger partial charge is 0.469 e. The second-order valence-corrected chi connectivity index (χ2v) is 4.49. The normalized spacial score (nSPS) is 10.3. The molecule has 0 saturated carbocycles. The zero-order valence-corrected chi connectivity index (χ0v) is 12.2. The summed E-state index contributed by atoms with van der Waals surface area (Å²) in [5.41, 5.74) is 0. The smallest absolute Gasteiger partial charge is 0.314 e. The number of hydrogen-bond acceptors (Lipinski definition) is 4. The van der Waals surface area contributed by atoms with Crippen LogP contribution < -0.4 is 10.6 Å². The quantitative estimate of drug-likeness (QED) is 0.467. The van der Waals surface area contributed by atoms with Gasteiger partial charge in [0.1, 0.15) is 0 Å². The number of rotatable bonds is 10. The Labute approximate surface area is 115 Å². The molecule has 2 amide bonds. The Morgan fingerprint density at radius 3 is 2.26 bits per heavy atom. The minimum absolute atomic E-state index is 0.178. The third kappa shape index (κ3) is 12.9. The molecule has 0 rings (SSSR count). The maximum atomic E-state index is 11.3. The minimum atomic E-state index is -0.213. The molecule has 0 aromatic carbocycles.